The second-order valence-electron chi connectivity index (χ2n) is 5.01. The zero-order valence-electron chi connectivity index (χ0n) is 11.2. The summed E-state index contributed by atoms with van der Waals surface area (Å²) in [5.74, 6) is 0.626. The molecule has 6 heteroatoms. The third-order valence-corrected chi connectivity index (χ3v) is 5.64. The monoisotopic (exact) mass is 283 g/mol. The number of hydrogen-bond acceptors (Lipinski definition) is 4. The summed E-state index contributed by atoms with van der Waals surface area (Å²) >= 11 is 0. The predicted molar refractivity (Wildman–Crippen MR) is 75.0 cm³/mol. The molecule has 1 aromatic rings. The fraction of sp³-hybridized carbons (Fsp3) is 0.615. The molecule has 19 heavy (non-hydrogen) atoms. The summed E-state index contributed by atoms with van der Waals surface area (Å²) in [4.78, 5) is 3.94. The lowest BCUT2D eigenvalue weighted by molar-refractivity contribution is 0.406. The Morgan fingerprint density at radius 3 is 2.89 bits per heavy atom. The van der Waals surface area contributed by atoms with Gasteiger partial charge >= 0.3 is 0 Å². The van der Waals surface area contributed by atoms with Gasteiger partial charge in [0.1, 0.15) is 0 Å². The Bertz CT molecular complexity index is 530. The maximum Gasteiger partial charge on any atom is 0.262 e. The Morgan fingerprint density at radius 2 is 2.21 bits per heavy atom. The lowest BCUT2D eigenvalue weighted by atomic mass is 9.98. The molecule has 0 aromatic carbocycles. The highest BCUT2D eigenvalue weighted by Gasteiger charge is 2.29. The number of nitrogen functional groups attached to an aromatic ring is 1. The highest BCUT2D eigenvalue weighted by molar-refractivity contribution is 7.89. The molecule has 0 amide bonds. The summed E-state index contributed by atoms with van der Waals surface area (Å²) in [6.45, 7) is 3.29. The molecule has 1 saturated heterocycles. The Kier molecular flexibility index (Phi) is 4.42. The molecular weight excluding hydrogens is 262 g/mol. The van der Waals surface area contributed by atoms with Gasteiger partial charge in [-0.05, 0) is 37.3 Å². The van der Waals surface area contributed by atoms with Crippen molar-refractivity contribution in [2.24, 2.45) is 5.92 Å². The van der Waals surface area contributed by atoms with E-state index in [0.29, 0.717) is 19.0 Å². The summed E-state index contributed by atoms with van der Waals surface area (Å²) in [5, 5.41) is -0.00931. The first-order valence-corrected chi connectivity index (χ1v) is 8.20. The van der Waals surface area contributed by atoms with Crippen molar-refractivity contribution in [1.29, 1.82) is 0 Å². The summed E-state index contributed by atoms with van der Waals surface area (Å²) in [7, 11) is -3.55. The van der Waals surface area contributed by atoms with Crippen molar-refractivity contribution in [3.05, 3.63) is 18.3 Å². The fourth-order valence-corrected chi connectivity index (χ4v) is 4.05. The molecule has 1 fully saturated rings. The second kappa shape index (κ2) is 5.88. The molecule has 0 aliphatic carbocycles. The van der Waals surface area contributed by atoms with Gasteiger partial charge in [0.25, 0.3) is 10.0 Å². The van der Waals surface area contributed by atoms with Gasteiger partial charge in [-0.3, -0.25) is 0 Å². The summed E-state index contributed by atoms with van der Waals surface area (Å²) in [5.41, 5.74) is 5.96. The number of nitrogens with two attached hydrogens (primary N) is 1. The van der Waals surface area contributed by atoms with Crippen molar-refractivity contribution in [2.45, 2.75) is 37.6 Å². The molecule has 1 atom stereocenters. The first-order valence-electron chi connectivity index (χ1n) is 6.76. The van der Waals surface area contributed by atoms with Crippen LogP contribution in [0.3, 0.4) is 0 Å². The van der Waals surface area contributed by atoms with E-state index in [1.165, 1.54) is 10.5 Å². The van der Waals surface area contributed by atoms with Crippen LogP contribution in [0.25, 0.3) is 0 Å². The number of pyridine rings is 1. The quantitative estimate of drug-likeness (QED) is 0.918. The van der Waals surface area contributed by atoms with Gasteiger partial charge < -0.3 is 5.73 Å². The third-order valence-electron chi connectivity index (χ3n) is 3.77. The lowest BCUT2D eigenvalue weighted by Gasteiger charge is -2.20. The average molecular weight is 283 g/mol. The first-order chi connectivity index (χ1) is 9.05. The van der Waals surface area contributed by atoms with Gasteiger partial charge in [0.2, 0.25) is 0 Å². The number of nitrogens with zero attached hydrogens (tertiary/aromatic N) is 2. The molecule has 0 spiro atoms. The largest absolute Gasteiger partial charge is 0.396 e. The molecule has 1 unspecified atom stereocenters. The molecular formula is C13H21N3O2S. The van der Waals surface area contributed by atoms with Gasteiger partial charge in [0, 0.05) is 19.3 Å². The molecule has 1 aliphatic heterocycles. The fourth-order valence-electron chi connectivity index (χ4n) is 2.53. The Labute approximate surface area is 114 Å². The number of sulfonamides is 1. The van der Waals surface area contributed by atoms with Crippen LogP contribution in [-0.2, 0) is 10.0 Å². The minimum atomic E-state index is -3.55. The molecule has 106 valence electrons. The van der Waals surface area contributed by atoms with Gasteiger partial charge in [-0.15, -0.1) is 0 Å². The maximum atomic E-state index is 12.5. The maximum absolute atomic E-state index is 12.5. The molecule has 0 saturated carbocycles. The van der Waals surface area contributed by atoms with E-state index in [9.17, 15) is 8.42 Å². The Balaban J connectivity index is 2.23. The van der Waals surface area contributed by atoms with Crippen LogP contribution in [0.1, 0.15) is 32.6 Å². The lowest BCUT2D eigenvalue weighted by Crippen LogP contribution is -2.33. The van der Waals surface area contributed by atoms with E-state index in [4.69, 9.17) is 5.73 Å². The van der Waals surface area contributed by atoms with E-state index < -0.39 is 10.0 Å². The molecule has 1 aromatic heterocycles. The van der Waals surface area contributed by atoms with Crippen molar-refractivity contribution in [3.63, 3.8) is 0 Å². The number of aromatic nitrogens is 1. The average Bonchev–Trinajstić information content (AvgIpc) is 2.64. The molecule has 0 bridgehead atoms. The van der Waals surface area contributed by atoms with Gasteiger partial charge in [-0.25, -0.2) is 13.4 Å². The summed E-state index contributed by atoms with van der Waals surface area (Å²) in [6.07, 6.45) is 5.50. The van der Waals surface area contributed by atoms with Crippen LogP contribution in [0.4, 0.5) is 5.69 Å². The Hall–Kier alpha value is -1.14. The van der Waals surface area contributed by atoms with Crippen molar-refractivity contribution < 1.29 is 8.42 Å². The van der Waals surface area contributed by atoms with Crippen LogP contribution in [0.15, 0.2) is 23.4 Å². The highest BCUT2D eigenvalue weighted by atomic mass is 32.2. The first kappa shape index (κ1) is 14.3. The zero-order chi connectivity index (χ0) is 13.9. The van der Waals surface area contributed by atoms with Crippen molar-refractivity contribution in [3.8, 4) is 0 Å². The molecule has 2 heterocycles. The molecule has 5 nitrogen and oxygen atoms in total. The SMILES string of the molecule is CCC1CCCN(S(=O)(=O)c2ncccc2N)CC1. The smallest absolute Gasteiger partial charge is 0.262 e. The number of rotatable bonds is 3. The predicted octanol–water partition coefficient (Wildman–Crippen LogP) is 1.86. The van der Waals surface area contributed by atoms with Crippen LogP contribution in [0.5, 0.6) is 0 Å². The van der Waals surface area contributed by atoms with E-state index in [1.807, 2.05) is 0 Å². The molecule has 0 radical (unpaired) electrons. The van der Waals surface area contributed by atoms with Gasteiger partial charge in [-0.2, -0.15) is 4.31 Å². The molecule has 1 aliphatic rings. The van der Waals surface area contributed by atoms with Gasteiger partial charge in [0.05, 0.1) is 5.69 Å². The van der Waals surface area contributed by atoms with Crippen molar-refractivity contribution in [2.75, 3.05) is 18.8 Å². The minimum Gasteiger partial charge on any atom is -0.396 e. The van der Waals surface area contributed by atoms with Gasteiger partial charge in [0.15, 0.2) is 5.03 Å². The minimum absolute atomic E-state index is 0.00931. The zero-order valence-corrected chi connectivity index (χ0v) is 12.1. The second-order valence-corrected chi connectivity index (χ2v) is 6.86. The molecule has 2 N–H and O–H groups in total. The summed E-state index contributed by atoms with van der Waals surface area (Å²) in [6, 6.07) is 3.22. The number of hydrogen-bond donors (Lipinski definition) is 1. The standard InChI is InChI=1S/C13H21N3O2S/c1-2-11-5-4-9-16(10-7-11)19(17,18)13-12(14)6-3-8-15-13/h3,6,8,11H,2,4-5,7,9-10,14H2,1H3. The highest BCUT2D eigenvalue weighted by Crippen LogP contribution is 2.25. The van der Waals surface area contributed by atoms with E-state index in [0.717, 1.165) is 25.7 Å². The third kappa shape index (κ3) is 3.06. The van der Waals surface area contributed by atoms with E-state index in [1.54, 1.807) is 12.1 Å². The van der Waals surface area contributed by atoms with Crippen LogP contribution in [-0.4, -0.2) is 30.8 Å². The van der Waals surface area contributed by atoms with Crippen molar-refractivity contribution >= 4 is 15.7 Å². The van der Waals surface area contributed by atoms with Crippen LogP contribution in [0, 0.1) is 5.92 Å². The van der Waals surface area contributed by atoms with Crippen LogP contribution < -0.4 is 5.73 Å². The van der Waals surface area contributed by atoms with E-state index >= 15 is 0 Å². The number of anilines is 1. The molecule has 2 rings (SSSR count). The Morgan fingerprint density at radius 1 is 1.42 bits per heavy atom. The summed E-state index contributed by atoms with van der Waals surface area (Å²) < 4.78 is 26.6. The topological polar surface area (TPSA) is 76.3 Å². The van der Waals surface area contributed by atoms with E-state index in [2.05, 4.69) is 11.9 Å². The van der Waals surface area contributed by atoms with Crippen LogP contribution >= 0.6 is 0 Å². The normalized spacial score (nSPS) is 22.1. The van der Waals surface area contributed by atoms with E-state index in [-0.39, 0.29) is 10.7 Å². The van der Waals surface area contributed by atoms with Crippen LogP contribution in [0.2, 0.25) is 0 Å². The van der Waals surface area contributed by atoms with Crippen molar-refractivity contribution in [1.82, 2.24) is 9.29 Å². The van der Waals surface area contributed by atoms with Gasteiger partial charge in [-0.1, -0.05) is 13.3 Å².